The molecule has 2 N–H and O–H groups in total. The van der Waals surface area contributed by atoms with Gasteiger partial charge in [-0.05, 0) is 30.3 Å². The van der Waals surface area contributed by atoms with Crippen molar-refractivity contribution in [1.82, 2.24) is 0 Å². The predicted octanol–water partition coefficient (Wildman–Crippen LogP) is 3.08. The van der Waals surface area contributed by atoms with Crippen LogP contribution in [-0.2, 0) is 10.5 Å². The topological polar surface area (TPSA) is 65.5 Å². The molecular formula is C13H12FNO3S. The maximum absolute atomic E-state index is 13.1. The zero-order chi connectivity index (χ0) is 13.8. The minimum Gasteiger partial charge on any atom is -0.463 e. The second-order valence-corrected chi connectivity index (χ2v) is 4.82. The van der Waals surface area contributed by atoms with Crippen molar-refractivity contribution in [3.05, 3.63) is 47.7 Å². The molecule has 0 unspecified atom stereocenters. The summed E-state index contributed by atoms with van der Waals surface area (Å²) >= 11 is 1.37. The fourth-order valence-corrected chi connectivity index (χ4v) is 2.37. The Kier molecular flexibility index (Phi) is 4.11. The molecule has 1 aromatic carbocycles. The summed E-state index contributed by atoms with van der Waals surface area (Å²) in [5.41, 5.74) is 5.92. The third-order valence-electron chi connectivity index (χ3n) is 2.32. The molecular weight excluding hydrogens is 269 g/mol. The molecule has 0 fully saturated rings. The van der Waals surface area contributed by atoms with E-state index >= 15 is 0 Å². The SMILES string of the molecule is COC(=O)c1ccc(CSc2cc(N)cc(F)c2)o1. The van der Waals surface area contributed by atoms with Gasteiger partial charge in [-0.15, -0.1) is 11.8 Å². The van der Waals surface area contributed by atoms with Crippen molar-refractivity contribution in [2.75, 3.05) is 12.8 Å². The minimum absolute atomic E-state index is 0.150. The number of rotatable bonds is 4. The molecule has 0 spiro atoms. The van der Waals surface area contributed by atoms with E-state index in [0.717, 1.165) is 0 Å². The first-order chi connectivity index (χ1) is 9.08. The second kappa shape index (κ2) is 5.79. The lowest BCUT2D eigenvalue weighted by Gasteiger charge is -2.02. The van der Waals surface area contributed by atoms with E-state index in [2.05, 4.69) is 4.74 Å². The van der Waals surface area contributed by atoms with Crippen LogP contribution in [-0.4, -0.2) is 13.1 Å². The number of thioether (sulfide) groups is 1. The Bertz CT molecular complexity index is 577. The average Bonchev–Trinajstić information content (AvgIpc) is 2.83. The van der Waals surface area contributed by atoms with E-state index in [-0.39, 0.29) is 11.6 Å². The van der Waals surface area contributed by atoms with Crippen molar-refractivity contribution in [3.63, 3.8) is 0 Å². The monoisotopic (exact) mass is 281 g/mol. The number of hydrogen-bond acceptors (Lipinski definition) is 5. The number of esters is 1. The number of nitrogen functional groups attached to an aromatic ring is 1. The van der Waals surface area contributed by atoms with E-state index in [1.807, 2.05) is 0 Å². The van der Waals surface area contributed by atoms with Gasteiger partial charge in [0.05, 0.1) is 12.9 Å². The molecule has 0 aliphatic rings. The van der Waals surface area contributed by atoms with Crippen molar-refractivity contribution in [2.45, 2.75) is 10.6 Å². The maximum atomic E-state index is 13.1. The highest BCUT2D eigenvalue weighted by atomic mass is 32.2. The molecule has 0 saturated heterocycles. The number of furan rings is 1. The average molecular weight is 281 g/mol. The summed E-state index contributed by atoms with van der Waals surface area (Å²) in [7, 11) is 1.29. The summed E-state index contributed by atoms with van der Waals surface area (Å²) in [6.07, 6.45) is 0. The van der Waals surface area contributed by atoms with E-state index < -0.39 is 5.97 Å². The van der Waals surface area contributed by atoms with E-state index in [4.69, 9.17) is 10.2 Å². The van der Waals surface area contributed by atoms with Gasteiger partial charge in [0.2, 0.25) is 5.76 Å². The number of nitrogens with two attached hydrogens (primary N) is 1. The van der Waals surface area contributed by atoms with Gasteiger partial charge in [0.25, 0.3) is 0 Å². The molecule has 6 heteroatoms. The Morgan fingerprint density at radius 2 is 2.21 bits per heavy atom. The largest absolute Gasteiger partial charge is 0.463 e. The summed E-state index contributed by atoms with van der Waals surface area (Å²) in [6.45, 7) is 0. The number of hydrogen-bond donors (Lipinski definition) is 1. The van der Waals surface area contributed by atoms with Gasteiger partial charge in [-0.2, -0.15) is 0 Å². The molecule has 2 rings (SSSR count). The van der Waals surface area contributed by atoms with E-state index in [1.54, 1.807) is 18.2 Å². The van der Waals surface area contributed by atoms with Crippen LogP contribution < -0.4 is 5.73 Å². The molecule has 0 bridgehead atoms. The summed E-state index contributed by atoms with van der Waals surface area (Å²) < 4.78 is 23.0. The van der Waals surface area contributed by atoms with Crippen molar-refractivity contribution >= 4 is 23.4 Å². The first kappa shape index (κ1) is 13.5. The van der Waals surface area contributed by atoms with Crippen molar-refractivity contribution in [1.29, 1.82) is 0 Å². The van der Waals surface area contributed by atoms with Gasteiger partial charge < -0.3 is 14.9 Å². The van der Waals surface area contributed by atoms with Gasteiger partial charge >= 0.3 is 5.97 Å². The van der Waals surface area contributed by atoms with Crippen LogP contribution in [0.15, 0.2) is 39.6 Å². The number of halogens is 1. The third kappa shape index (κ3) is 3.51. The highest BCUT2D eigenvalue weighted by molar-refractivity contribution is 7.98. The molecule has 0 aliphatic carbocycles. The summed E-state index contributed by atoms with van der Waals surface area (Å²) in [5.74, 6) is 0.327. The molecule has 1 aromatic heterocycles. The lowest BCUT2D eigenvalue weighted by molar-refractivity contribution is 0.0563. The summed E-state index contributed by atoms with van der Waals surface area (Å²) in [5, 5.41) is 0. The van der Waals surface area contributed by atoms with Crippen molar-refractivity contribution < 1.29 is 18.3 Å². The highest BCUT2D eigenvalue weighted by Gasteiger charge is 2.11. The lowest BCUT2D eigenvalue weighted by Crippen LogP contribution is -1.98. The Hall–Kier alpha value is -1.95. The molecule has 0 radical (unpaired) electrons. The molecule has 2 aromatic rings. The first-order valence-electron chi connectivity index (χ1n) is 5.44. The van der Waals surface area contributed by atoms with Crippen LogP contribution in [0.1, 0.15) is 16.3 Å². The Morgan fingerprint density at radius 1 is 1.42 bits per heavy atom. The van der Waals surface area contributed by atoms with Crippen LogP contribution in [0, 0.1) is 5.82 Å². The molecule has 19 heavy (non-hydrogen) atoms. The van der Waals surface area contributed by atoms with Gasteiger partial charge in [-0.1, -0.05) is 0 Å². The van der Waals surface area contributed by atoms with Crippen molar-refractivity contribution in [2.24, 2.45) is 0 Å². The number of ether oxygens (including phenoxy) is 1. The van der Waals surface area contributed by atoms with E-state index in [0.29, 0.717) is 22.1 Å². The Morgan fingerprint density at radius 3 is 2.89 bits per heavy atom. The van der Waals surface area contributed by atoms with Crippen LogP contribution in [0.3, 0.4) is 0 Å². The number of anilines is 1. The Balaban J connectivity index is 2.02. The maximum Gasteiger partial charge on any atom is 0.373 e. The van der Waals surface area contributed by atoms with Crippen LogP contribution >= 0.6 is 11.8 Å². The van der Waals surface area contributed by atoms with Gasteiger partial charge in [0, 0.05) is 10.6 Å². The molecule has 4 nitrogen and oxygen atoms in total. The number of methoxy groups -OCH3 is 1. The van der Waals surface area contributed by atoms with E-state index in [9.17, 15) is 9.18 Å². The van der Waals surface area contributed by atoms with Crippen LogP contribution in [0.25, 0.3) is 0 Å². The first-order valence-corrected chi connectivity index (χ1v) is 6.43. The lowest BCUT2D eigenvalue weighted by atomic mass is 10.3. The quantitative estimate of drug-likeness (QED) is 0.530. The van der Waals surface area contributed by atoms with Gasteiger partial charge in [0.1, 0.15) is 11.6 Å². The minimum atomic E-state index is -0.522. The van der Waals surface area contributed by atoms with Gasteiger partial charge in [-0.3, -0.25) is 0 Å². The predicted molar refractivity (Wildman–Crippen MR) is 70.4 cm³/mol. The molecule has 0 aliphatic heterocycles. The molecule has 0 saturated carbocycles. The van der Waals surface area contributed by atoms with Gasteiger partial charge in [-0.25, -0.2) is 9.18 Å². The Labute approximate surface area is 113 Å². The fraction of sp³-hybridized carbons (Fsp3) is 0.154. The third-order valence-corrected chi connectivity index (χ3v) is 3.32. The van der Waals surface area contributed by atoms with Crippen LogP contribution in [0.4, 0.5) is 10.1 Å². The van der Waals surface area contributed by atoms with Crippen LogP contribution in [0.5, 0.6) is 0 Å². The fourth-order valence-electron chi connectivity index (χ4n) is 1.49. The molecule has 1 heterocycles. The normalized spacial score (nSPS) is 10.4. The standard InChI is InChI=1S/C13H12FNO3S/c1-17-13(16)12-3-2-10(18-12)7-19-11-5-8(14)4-9(15)6-11/h2-6H,7,15H2,1H3. The van der Waals surface area contributed by atoms with Crippen molar-refractivity contribution in [3.8, 4) is 0 Å². The molecule has 0 amide bonds. The zero-order valence-corrected chi connectivity index (χ0v) is 11.0. The second-order valence-electron chi connectivity index (χ2n) is 3.77. The number of benzene rings is 1. The number of carbonyl (C=O) groups is 1. The summed E-state index contributed by atoms with van der Waals surface area (Å²) in [6, 6.07) is 7.55. The number of carbonyl (C=O) groups excluding carboxylic acids is 1. The molecule has 0 atom stereocenters. The zero-order valence-electron chi connectivity index (χ0n) is 10.2. The van der Waals surface area contributed by atoms with Gasteiger partial charge in [0.15, 0.2) is 0 Å². The summed E-state index contributed by atoms with van der Waals surface area (Å²) in [4.78, 5) is 11.9. The van der Waals surface area contributed by atoms with E-state index in [1.165, 1.54) is 31.0 Å². The smallest absolute Gasteiger partial charge is 0.373 e. The van der Waals surface area contributed by atoms with Crippen LogP contribution in [0.2, 0.25) is 0 Å². The molecule has 100 valence electrons. The highest BCUT2D eigenvalue weighted by Crippen LogP contribution is 2.26.